The van der Waals surface area contributed by atoms with Crippen LogP contribution in [0.1, 0.15) is 5.56 Å². The maximum Gasteiger partial charge on any atom is 0.259 e. The predicted octanol–water partition coefficient (Wildman–Crippen LogP) is 0.161. The van der Waals surface area contributed by atoms with Gasteiger partial charge in [0.15, 0.2) is 0 Å². The molecule has 0 aliphatic carbocycles. The highest BCUT2D eigenvalue weighted by Crippen LogP contribution is 2.16. The van der Waals surface area contributed by atoms with Gasteiger partial charge in [-0.1, -0.05) is 30.3 Å². The number of anilines is 1. The smallest absolute Gasteiger partial charge is 0.259 e. The van der Waals surface area contributed by atoms with Crippen LogP contribution in [0.4, 0.5) is 5.82 Å². The van der Waals surface area contributed by atoms with E-state index in [1.54, 1.807) is 0 Å². The Kier molecular flexibility index (Phi) is 2.86. The van der Waals surface area contributed by atoms with Gasteiger partial charge in [-0.2, -0.15) is 0 Å². The van der Waals surface area contributed by atoms with Crippen molar-refractivity contribution in [3.8, 4) is 0 Å². The highest BCUT2D eigenvalue weighted by Gasteiger charge is 2.17. The Balaban J connectivity index is 2.34. The van der Waals surface area contributed by atoms with Crippen molar-refractivity contribution in [2.75, 3.05) is 5.73 Å². The van der Waals surface area contributed by atoms with Crippen LogP contribution in [0, 0.1) is 0 Å². The zero-order valence-electron chi connectivity index (χ0n) is 8.95. The molecule has 1 aromatic carbocycles. The molecule has 0 aliphatic rings. The Bertz CT molecular complexity index is 619. The second-order valence-corrected chi connectivity index (χ2v) is 5.07. The number of benzene rings is 1. The maximum absolute atomic E-state index is 11.1. The molecule has 6 nitrogen and oxygen atoms in total. The number of aromatic nitrogens is 2. The van der Waals surface area contributed by atoms with Crippen LogP contribution in [0.25, 0.3) is 0 Å². The van der Waals surface area contributed by atoms with Gasteiger partial charge in [0.25, 0.3) is 10.0 Å². The third kappa shape index (κ3) is 2.45. The minimum atomic E-state index is -3.86. The van der Waals surface area contributed by atoms with E-state index < -0.39 is 10.0 Å². The van der Waals surface area contributed by atoms with Crippen molar-refractivity contribution in [3.05, 3.63) is 42.2 Å². The average molecular weight is 252 g/mol. The number of sulfonamides is 1. The lowest BCUT2D eigenvalue weighted by Crippen LogP contribution is -2.15. The van der Waals surface area contributed by atoms with Gasteiger partial charge in [-0.05, 0) is 5.56 Å². The molecule has 0 saturated carbocycles. The number of nitrogen functional groups attached to an aromatic ring is 1. The van der Waals surface area contributed by atoms with E-state index in [1.165, 1.54) is 10.9 Å². The minimum Gasteiger partial charge on any atom is -0.383 e. The molecular formula is C10H12N4O2S. The number of imidazole rings is 1. The van der Waals surface area contributed by atoms with Crippen molar-refractivity contribution in [1.82, 2.24) is 9.55 Å². The highest BCUT2D eigenvalue weighted by molar-refractivity contribution is 7.89. The van der Waals surface area contributed by atoms with E-state index in [2.05, 4.69) is 4.98 Å². The summed E-state index contributed by atoms with van der Waals surface area (Å²) in [4.78, 5) is 3.71. The number of hydrogen-bond acceptors (Lipinski definition) is 4. The van der Waals surface area contributed by atoms with Crippen LogP contribution in [0.5, 0.6) is 0 Å². The van der Waals surface area contributed by atoms with Gasteiger partial charge >= 0.3 is 0 Å². The van der Waals surface area contributed by atoms with Gasteiger partial charge in [0, 0.05) is 0 Å². The van der Waals surface area contributed by atoms with Crippen molar-refractivity contribution in [2.45, 2.75) is 11.6 Å². The SMILES string of the molecule is Nc1c(S(N)(=O)=O)ncn1Cc1ccccc1. The van der Waals surface area contributed by atoms with E-state index in [0.717, 1.165) is 5.56 Å². The zero-order valence-corrected chi connectivity index (χ0v) is 9.76. The zero-order chi connectivity index (χ0) is 12.5. The predicted molar refractivity (Wildman–Crippen MR) is 63.6 cm³/mol. The summed E-state index contributed by atoms with van der Waals surface area (Å²) in [6.45, 7) is 0.454. The molecule has 90 valence electrons. The summed E-state index contributed by atoms with van der Waals surface area (Å²) in [7, 11) is -3.86. The maximum atomic E-state index is 11.1. The Morgan fingerprint density at radius 1 is 1.24 bits per heavy atom. The van der Waals surface area contributed by atoms with Gasteiger partial charge in [0.1, 0.15) is 5.82 Å². The minimum absolute atomic E-state index is 0.0522. The standard InChI is InChI=1S/C10H12N4O2S/c11-9-10(17(12,15)16)13-7-14(9)6-8-4-2-1-3-5-8/h1-5,7H,6,11H2,(H2,12,15,16). The van der Waals surface area contributed by atoms with Crippen LogP contribution in [0.3, 0.4) is 0 Å². The number of primary sulfonamides is 1. The molecule has 0 radical (unpaired) electrons. The fourth-order valence-corrected chi connectivity index (χ4v) is 2.10. The summed E-state index contributed by atoms with van der Waals surface area (Å²) in [5.74, 6) is 0.0522. The first-order valence-electron chi connectivity index (χ1n) is 4.86. The molecule has 0 saturated heterocycles. The summed E-state index contributed by atoms with van der Waals surface area (Å²) >= 11 is 0. The van der Waals surface area contributed by atoms with Crippen molar-refractivity contribution in [3.63, 3.8) is 0 Å². The van der Waals surface area contributed by atoms with Gasteiger partial charge in [0.05, 0.1) is 12.9 Å². The molecule has 0 amide bonds. The second kappa shape index (κ2) is 4.19. The lowest BCUT2D eigenvalue weighted by Gasteiger charge is -2.05. The monoisotopic (exact) mass is 252 g/mol. The van der Waals surface area contributed by atoms with E-state index in [-0.39, 0.29) is 10.8 Å². The van der Waals surface area contributed by atoms with Crippen LogP contribution in [0.2, 0.25) is 0 Å². The molecule has 1 heterocycles. The summed E-state index contributed by atoms with van der Waals surface area (Å²) in [6.07, 6.45) is 1.36. The average Bonchev–Trinajstić information content (AvgIpc) is 2.61. The number of nitrogens with zero attached hydrogens (tertiary/aromatic N) is 2. The highest BCUT2D eigenvalue weighted by atomic mass is 32.2. The molecule has 1 aromatic heterocycles. The largest absolute Gasteiger partial charge is 0.383 e. The molecule has 0 aliphatic heterocycles. The van der Waals surface area contributed by atoms with Crippen molar-refractivity contribution in [1.29, 1.82) is 0 Å². The van der Waals surface area contributed by atoms with Crippen molar-refractivity contribution < 1.29 is 8.42 Å². The van der Waals surface area contributed by atoms with Gasteiger partial charge in [0.2, 0.25) is 5.03 Å². The van der Waals surface area contributed by atoms with E-state index in [0.29, 0.717) is 6.54 Å². The number of rotatable bonds is 3. The molecule has 0 bridgehead atoms. The van der Waals surface area contributed by atoms with Crippen LogP contribution >= 0.6 is 0 Å². The Morgan fingerprint density at radius 3 is 2.41 bits per heavy atom. The fourth-order valence-electron chi connectivity index (χ4n) is 1.50. The van der Waals surface area contributed by atoms with Crippen molar-refractivity contribution >= 4 is 15.8 Å². The molecule has 4 N–H and O–H groups in total. The first kappa shape index (κ1) is 11.6. The third-order valence-corrected chi connectivity index (χ3v) is 3.16. The first-order valence-corrected chi connectivity index (χ1v) is 6.40. The lowest BCUT2D eigenvalue weighted by atomic mass is 10.2. The second-order valence-electron chi connectivity index (χ2n) is 3.59. The van der Waals surface area contributed by atoms with E-state index >= 15 is 0 Å². The summed E-state index contributed by atoms with van der Waals surface area (Å²) in [5.41, 5.74) is 6.68. The fraction of sp³-hybridized carbons (Fsp3) is 0.100. The molecule has 0 spiro atoms. The molecule has 0 atom stereocenters. The molecule has 2 rings (SSSR count). The summed E-state index contributed by atoms with van der Waals surface area (Å²) in [5, 5.41) is 4.70. The molecular weight excluding hydrogens is 240 g/mol. The van der Waals surface area contributed by atoms with Gasteiger partial charge < -0.3 is 10.3 Å². The van der Waals surface area contributed by atoms with E-state index in [4.69, 9.17) is 10.9 Å². The van der Waals surface area contributed by atoms with Crippen LogP contribution in [-0.4, -0.2) is 18.0 Å². The topological polar surface area (TPSA) is 104 Å². The lowest BCUT2D eigenvalue weighted by molar-refractivity contribution is 0.595. The molecule has 0 fully saturated rings. The summed E-state index contributed by atoms with van der Waals surface area (Å²) < 4.78 is 23.8. The molecule has 17 heavy (non-hydrogen) atoms. The van der Waals surface area contributed by atoms with Gasteiger partial charge in [-0.25, -0.2) is 18.5 Å². The van der Waals surface area contributed by atoms with Gasteiger partial charge in [-0.15, -0.1) is 0 Å². The van der Waals surface area contributed by atoms with Crippen LogP contribution in [0.15, 0.2) is 41.7 Å². The van der Waals surface area contributed by atoms with Gasteiger partial charge in [-0.3, -0.25) is 0 Å². The molecule has 7 heteroatoms. The quantitative estimate of drug-likeness (QED) is 0.811. The Morgan fingerprint density at radius 2 is 1.88 bits per heavy atom. The normalized spacial score (nSPS) is 11.6. The molecule has 2 aromatic rings. The summed E-state index contributed by atoms with van der Waals surface area (Å²) in [6, 6.07) is 9.51. The number of hydrogen-bond donors (Lipinski definition) is 2. The number of nitrogens with two attached hydrogens (primary N) is 2. The third-order valence-electron chi connectivity index (χ3n) is 2.31. The molecule has 0 unspecified atom stereocenters. The Hall–Kier alpha value is -1.86. The van der Waals surface area contributed by atoms with Crippen LogP contribution in [-0.2, 0) is 16.6 Å². The van der Waals surface area contributed by atoms with Crippen molar-refractivity contribution in [2.24, 2.45) is 5.14 Å². The Labute approximate surface area is 98.9 Å². The van der Waals surface area contributed by atoms with E-state index in [1.807, 2.05) is 30.3 Å². The van der Waals surface area contributed by atoms with E-state index in [9.17, 15) is 8.42 Å². The first-order chi connectivity index (χ1) is 7.98. The van der Waals surface area contributed by atoms with Crippen LogP contribution < -0.4 is 10.9 Å².